The zero-order valence-corrected chi connectivity index (χ0v) is 13.3. The molecule has 3 aliphatic rings. The molecule has 0 radical (unpaired) electrons. The minimum atomic E-state index is -0.641. The van der Waals surface area contributed by atoms with Crippen LogP contribution in [0.3, 0.4) is 0 Å². The van der Waals surface area contributed by atoms with Crippen molar-refractivity contribution in [2.45, 2.75) is 57.1 Å². The molecule has 5 heteroatoms. The van der Waals surface area contributed by atoms with Crippen LogP contribution < -0.4 is 0 Å². The maximum atomic E-state index is 11.8. The standard InChI is InChI=1S/C18H23NO4/c1-18-9-15(19(22)23)17-12-5-3-11(20)8-10(12)2-4-13(17)14(18)6-7-16(18)21/h3,5,8,13-17,20-21H,2,4,6-7,9H2,1H3/t13-,14-,15?,16-,17+,18-/m0/s1. The fourth-order valence-corrected chi connectivity index (χ4v) is 5.83. The molecule has 0 aromatic heterocycles. The van der Waals surface area contributed by atoms with E-state index in [0.717, 1.165) is 36.8 Å². The maximum absolute atomic E-state index is 11.8. The van der Waals surface area contributed by atoms with Crippen molar-refractivity contribution in [2.24, 2.45) is 17.3 Å². The van der Waals surface area contributed by atoms with Gasteiger partial charge in [-0.05, 0) is 60.8 Å². The first-order chi connectivity index (χ1) is 10.9. The summed E-state index contributed by atoms with van der Waals surface area (Å²) in [6, 6.07) is 4.65. The van der Waals surface area contributed by atoms with E-state index in [-0.39, 0.29) is 27.9 Å². The monoisotopic (exact) mass is 317 g/mol. The number of phenols is 1. The molecule has 0 heterocycles. The number of hydrogen-bond donors (Lipinski definition) is 2. The summed E-state index contributed by atoms with van der Waals surface area (Å²) in [5.41, 5.74) is 1.78. The number of fused-ring (bicyclic) bond motifs is 5. The van der Waals surface area contributed by atoms with E-state index in [9.17, 15) is 20.3 Å². The first-order valence-electron chi connectivity index (χ1n) is 8.55. The molecule has 1 aromatic carbocycles. The molecule has 4 rings (SSSR count). The fraction of sp³-hybridized carbons (Fsp3) is 0.667. The Morgan fingerprint density at radius 1 is 1.30 bits per heavy atom. The van der Waals surface area contributed by atoms with Gasteiger partial charge in [0.25, 0.3) is 0 Å². The summed E-state index contributed by atoms with van der Waals surface area (Å²) >= 11 is 0. The molecule has 2 saturated carbocycles. The number of aliphatic hydroxyl groups is 1. The van der Waals surface area contributed by atoms with Crippen LogP contribution in [0.15, 0.2) is 18.2 Å². The first kappa shape index (κ1) is 14.9. The van der Waals surface area contributed by atoms with Gasteiger partial charge in [-0.15, -0.1) is 0 Å². The van der Waals surface area contributed by atoms with Crippen molar-refractivity contribution in [3.8, 4) is 5.75 Å². The van der Waals surface area contributed by atoms with E-state index in [1.54, 1.807) is 12.1 Å². The van der Waals surface area contributed by atoms with Crippen molar-refractivity contribution >= 4 is 0 Å². The lowest BCUT2D eigenvalue weighted by molar-refractivity contribution is -0.538. The van der Waals surface area contributed by atoms with Crippen LogP contribution in [0.1, 0.15) is 49.7 Å². The highest BCUT2D eigenvalue weighted by Gasteiger charge is 2.61. The topological polar surface area (TPSA) is 83.6 Å². The Morgan fingerprint density at radius 3 is 2.83 bits per heavy atom. The van der Waals surface area contributed by atoms with Crippen molar-refractivity contribution in [2.75, 3.05) is 0 Å². The van der Waals surface area contributed by atoms with Gasteiger partial charge in [0.1, 0.15) is 5.75 Å². The van der Waals surface area contributed by atoms with E-state index in [1.165, 1.54) is 0 Å². The van der Waals surface area contributed by atoms with Gasteiger partial charge >= 0.3 is 0 Å². The third kappa shape index (κ3) is 2.02. The van der Waals surface area contributed by atoms with Crippen LogP contribution in [0.25, 0.3) is 0 Å². The molecule has 3 aliphatic carbocycles. The highest BCUT2D eigenvalue weighted by Crippen LogP contribution is 2.61. The highest BCUT2D eigenvalue weighted by molar-refractivity contribution is 5.41. The van der Waals surface area contributed by atoms with Gasteiger partial charge in [-0.3, -0.25) is 10.1 Å². The molecule has 2 N–H and O–H groups in total. The minimum absolute atomic E-state index is 0.0854. The number of benzene rings is 1. The van der Waals surface area contributed by atoms with E-state index in [0.29, 0.717) is 12.3 Å². The first-order valence-corrected chi connectivity index (χ1v) is 8.55. The lowest BCUT2D eigenvalue weighted by Crippen LogP contribution is -2.52. The third-order valence-electron chi connectivity index (χ3n) is 6.90. The zero-order valence-electron chi connectivity index (χ0n) is 13.3. The van der Waals surface area contributed by atoms with Crippen LogP contribution in [0.2, 0.25) is 0 Å². The van der Waals surface area contributed by atoms with Crippen LogP contribution in [0.5, 0.6) is 5.75 Å². The number of nitrogens with zero attached hydrogens (tertiary/aromatic N) is 1. The number of rotatable bonds is 1. The molecule has 124 valence electrons. The summed E-state index contributed by atoms with van der Waals surface area (Å²) in [4.78, 5) is 11.7. The Labute approximate surface area is 135 Å². The molecular formula is C18H23NO4. The summed E-state index contributed by atoms with van der Waals surface area (Å²) in [6.07, 6.45) is 3.54. The SMILES string of the molecule is C[C@]12CC([N+](=O)[O-])[C@@H]3c4ccc(O)cc4CC[C@H]3[C@@H]1CC[C@@H]2O. The van der Waals surface area contributed by atoms with Gasteiger partial charge < -0.3 is 10.2 Å². The number of aromatic hydroxyl groups is 1. The van der Waals surface area contributed by atoms with Crippen LogP contribution in [0, 0.1) is 27.4 Å². The third-order valence-corrected chi connectivity index (χ3v) is 6.90. The van der Waals surface area contributed by atoms with Crippen molar-refractivity contribution < 1.29 is 15.1 Å². The molecule has 1 aromatic rings. The van der Waals surface area contributed by atoms with E-state index >= 15 is 0 Å². The molecule has 0 bridgehead atoms. The van der Waals surface area contributed by atoms with Crippen LogP contribution in [-0.2, 0) is 6.42 Å². The number of aliphatic hydroxyl groups excluding tert-OH is 1. The second-order valence-corrected chi connectivity index (χ2v) is 7.87. The Kier molecular flexibility index (Phi) is 3.21. The largest absolute Gasteiger partial charge is 0.508 e. The molecule has 6 atom stereocenters. The second-order valence-electron chi connectivity index (χ2n) is 7.87. The molecule has 2 fully saturated rings. The van der Waals surface area contributed by atoms with Crippen molar-refractivity contribution in [3.63, 3.8) is 0 Å². The molecule has 5 nitrogen and oxygen atoms in total. The summed E-state index contributed by atoms with van der Waals surface area (Å²) in [5, 5.41) is 32.0. The number of nitro groups is 1. The molecule has 0 spiro atoms. The van der Waals surface area contributed by atoms with Crippen molar-refractivity contribution in [1.29, 1.82) is 0 Å². The summed E-state index contributed by atoms with van der Waals surface area (Å²) < 4.78 is 0. The molecule has 0 aliphatic heterocycles. The van der Waals surface area contributed by atoms with Gasteiger partial charge in [0.15, 0.2) is 0 Å². The molecule has 0 amide bonds. The molecule has 0 saturated heterocycles. The quantitative estimate of drug-likeness (QED) is 0.616. The minimum Gasteiger partial charge on any atom is -0.508 e. The Hall–Kier alpha value is -1.62. The fourth-order valence-electron chi connectivity index (χ4n) is 5.83. The summed E-state index contributed by atoms with van der Waals surface area (Å²) in [6.45, 7) is 2.05. The Morgan fingerprint density at radius 2 is 2.09 bits per heavy atom. The van der Waals surface area contributed by atoms with E-state index < -0.39 is 12.1 Å². The second kappa shape index (κ2) is 4.94. The van der Waals surface area contributed by atoms with Crippen molar-refractivity contribution in [1.82, 2.24) is 0 Å². The van der Waals surface area contributed by atoms with Gasteiger partial charge in [0, 0.05) is 16.8 Å². The summed E-state index contributed by atoms with van der Waals surface area (Å²) in [5.74, 6) is 0.772. The van der Waals surface area contributed by atoms with Crippen LogP contribution >= 0.6 is 0 Å². The molecule has 23 heavy (non-hydrogen) atoms. The van der Waals surface area contributed by atoms with Gasteiger partial charge in [-0.1, -0.05) is 13.0 Å². The molecule has 1 unspecified atom stereocenters. The summed E-state index contributed by atoms with van der Waals surface area (Å²) in [7, 11) is 0. The zero-order chi connectivity index (χ0) is 16.4. The van der Waals surface area contributed by atoms with Gasteiger partial charge in [-0.25, -0.2) is 0 Å². The Balaban J connectivity index is 1.82. The van der Waals surface area contributed by atoms with Crippen LogP contribution in [0.4, 0.5) is 0 Å². The van der Waals surface area contributed by atoms with E-state index in [1.807, 2.05) is 13.0 Å². The van der Waals surface area contributed by atoms with Crippen molar-refractivity contribution in [3.05, 3.63) is 39.4 Å². The van der Waals surface area contributed by atoms with Gasteiger partial charge in [0.2, 0.25) is 6.04 Å². The smallest absolute Gasteiger partial charge is 0.220 e. The van der Waals surface area contributed by atoms with E-state index in [4.69, 9.17) is 0 Å². The maximum Gasteiger partial charge on any atom is 0.220 e. The Bertz CT molecular complexity index is 660. The predicted octanol–water partition coefficient (Wildman–Crippen LogP) is 2.86. The normalized spacial score (nSPS) is 41.7. The average Bonchev–Trinajstić information content (AvgIpc) is 2.81. The highest BCUT2D eigenvalue weighted by atomic mass is 16.6. The number of phenolic OH excluding ortho intramolecular Hbond substituents is 1. The number of hydrogen-bond acceptors (Lipinski definition) is 4. The lowest BCUT2D eigenvalue weighted by atomic mass is 9.53. The average molecular weight is 317 g/mol. The lowest BCUT2D eigenvalue weighted by Gasteiger charge is -2.50. The van der Waals surface area contributed by atoms with Gasteiger partial charge in [-0.2, -0.15) is 0 Å². The van der Waals surface area contributed by atoms with Crippen LogP contribution in [-0.4, -0.2) is 27.3 Å². The van der Waals surface area contributed by atoms with E-state index in [2.05, 4.69) is 0 Å². The predicted molar refractivity (Wildman–Crippen MR) is 84.9 cm³/mol. The molecular weight excluding hydrogens is 294 g/mol. The van der Waals surface area contributed by atoms with Gasteiger partial charge in [0.05, 0.1) is 12.0 Å². The number of aryl methyl sites for hydroxylation is 1.